The molecule has 0 saturated heterocycles. The summed E-state index contributed by atoms with van der Waals surface area (Å²) in [4.78, 5) is 13.4. The summed E-state index contributed by atoms with van der Waals surface area (Å²) < 4.78 is 0. The first kappa shape index (κ1) is 12.2. The molecular weight excluding hydrogens is 236 g/mol. The van der Waals surface area contributed by atoms with Crippen LogP contribution in [0.5, 0.6) is 0 Å². The number of amides is 1. The van der Waals surface area contributed by atoms with Crippen molar-refractivity contribution in [2.75, 3.05) is 6.54 Å². The molecule has 0 bridgehead atoms. The summed E-state index contributed by atoms with van der Waals surface area (Å²) in [6, 6.07) is 6.36. The second-order valence-electron chi connectivity index (χ2n) is 5.48. The van der Waals surface area contributed by atoms with Gasteiger partial charge in [-0.3, -0.25) is 4.79 Å². The molecule has 1 heterocycles. The molecule has 1 aromatic carbocycles. The number of nitriles is 1. The van der Waals surface area contributed by atoms with Gasteiger partial charge in [-0.2, -0.15) is 5.26 Å². The third kappa shape index (κ3) is 1.92. The van der Waals surface area contributed by atoms with E-state index in [2.05, 4.69) is 18.2 Å². The van der Waals surface area contributed by atoms with Gasteiger partial charge in [-0.25, -0.2) is 0 Å². The van der Waals surface area contributed by atoms with E-state index in [-0.39, 0.29) is 11.9 Å². The zero-order chi connectivity index (χ0) is 13.4. The number of rotatable bonds is 0. The van der Waals surface area contributed by atoms with E-state index in [1.54, 1.807) is 11.8 Å². The van der Waals surface area contributed by atoms with E-state index in [9.17, 15) is 10.1 Å². The first-order valence-electron chi connectivity index (χ1n) is 7.02. The second kappa shape index (κ2) is 4.70. The van der Waals surface area contributed by atoms with Crippen LogP contribution >= 0.6 is 0 Å². The number of hydrogen-bond donors (Lipinski definition) is 0. The molecule has 0 N–H and O–H groups in total. The van der Waals surface area contributed by atoms with E-state index in [1.165, 1.54) is 29.5 Å². The van der Waals surface area contributed by atoms with Crippen LogP contribution in [-0.2, 0) is 24.1 Å². The first-order chi connectivity index (χ1) is 9.22. The topological polar surface area (TPSA) is 44.1 Å². The molecular formula is C16H18N2O. The minimum atomic E-state index is -0.380. The summed E-state index contributed by atoms with van der Waals surface area (Å²) in [5, 5.41) is 9.51. The van der Waals surface area contributed by atoms with Gasteiger partial charge in [0, 0.05) is 13.5 Å². The van der Waals surface area contributed by atoms with Crippen molar-refractivity contribution < 1.29 is 4.79 Å². The highest BCUT2D eigenvalue weighted by Gasteiger charge is 2.32. The van der Waals surface area contributed by atoms with Gasteiger partial charge in [0.25, 0.3) is 0 Å². The minimum Gasteiger partial charge on any atom is -0.323 e. The first-order valence-corrected chi connectivity index (χ1v) is 7.02. The lowest BCUT2D eigenvalue weighted by Gasteiger charge is -2.35. The summed E-state index contributed by atoms with van der Waals surface area (Å²) in [7, 11) is 0. The van der Waals surface area contributed by atoms with E-state index in [4.69, 9.17) is 0 Å². The molecule has 2 aliphatic rings. The van der Waals surface area contributed by atoms with Gasteiger partial charge >= 0.3 is 0 Å². The summed E-state index contributed by atoms with van der Waals surface area (Å²) in [6.07, 6.45) is 5.48. The molecule has 1 aliphatic carbocycles. The summed E-state index contributed by atoms with van der Waals surface area (Å²) >= 11 is 0. The number of aryl methyl sites for hydroxylation is 1. The van der Waals surface area contributed by atoms with Crippen LogP contribution < -0.4 is 0 Å². The molecule has 3 nitrogen and oxygen atoms in total. The Hall–Kier alpha value is -1.82. The van der Waals surface area contributed by atoms with Crippen molar-refractivity contribution in [3.8, 4) is 6.07 Å². The lowest BCUT2D eigenvalue weighted by Crippen LogP contribution is -2.39. The van der Waals surface area contributed by atoms with Crippen LogP contribution in [0.15, 0.2) is 12.1 Å². The molecule has 1 unspecified atom stereocenters. The molecule has 0 radical (unpaired) electrons. The van der Waals surface area contributed by atoms with Crippen LogP contribution in [0.2, 0.25) is 0 Å². The maximum atomic E-state index is 11.7. The van der Waals surface area contributed by atoms with Gasteiger partial charge in [-0.05, 0) is 54.4 Å². The average Bonchev–Trinajstić information content (AvgIpc) is 2.45. The maximum absolute atomic E-state index is 11.7. The molecule has 1 aromatic rings. The summed E-state index contributed by atoms with van der Waals surface area (Å²) in [6.45, 7) is 2.23. The number of nitrogens with zero attached hydrogens (tertiary/aromatic N) is 2. The van der Waals surface area contributed by atoms with Gasteiger partial charge in [-0.1, -0.05) is 12.1 Å². The molecule has 0 saturated carbocycles. The standard InChI is InChI=1S/C16H18N2O/c1-11(19)18-9-8-13-7-6-12-4-2-3-5-14(12)16(13)15(18)10-17/h6-7,15H,2-5,8-9H2,1H3. The van der Waals surface area contributed by atoms with Crippen LogP contribution in [0.1, 0.15) is 48.1 Å². The Morgan fingerprint density at radius 2 is 2.00 bits per heavy atom. The maximum Gasteiger partial charge on any atom is 0.220 e. The lowest BCUT2D eigenvalue weighted by molar-refractivity contribution is -0.130. The highest BCUT2D eigenvalue weighted by Crippen LogP contribution is 2.36. The van der Waals surface area contributed by atoms with Crippen LogP contribution in [-0.4, -0.2) is 17.4 Å². The average molecular weight is 254 g/mol. The Morgan fingerprint density at radius 3 is 2.74 bits per heavy atom. The number of carbonyl (C=O) groups is 1. The highest BCUT2D eigenvalue weighted by molar-refractivity contribution is 5.75. The van der Waals surface area contributed by atoms with E-state index in [0.717, 1.165) is 24.8 Å². The molecule has 19 heavy (non-hydrogen) atoms. The normalized spacial score (nSPS) is 21.3. The summed E-state index contributed by atoms with van der Waals surface area (Å²) in [5.74, 6) is 0.00520. The quantitative estimate of drug-likeness (QED) is 0.714. The highest BCUT2D eigenvalue weighted by atomic mass is 16.2. The Bertz CT molecular complexity index is 571. The molecule has 0 aromatic heterocycles. The fourth-order valence-electron chi connectivity index (χ4n) is 3.46. The molecule has 0 spiro atoms. The Morgan fingerprint density at radius 1 is 1.26 bits per heavy atom. The van der Waals surface area contributed by atoms with E-state index in [1.807, 2.05) is 0 Å². The third-order valence-corrected chi connectivity index (χ3v) is 4.40. The van der Waals surface area contributed by atoms with Crippen LogP contribution in [0.4, 0.5) is 0 Å². The molecule has 1 atom stereocenters. The van der Waals surface area contributed by atoms with Crippen molar-refractivity contribution in [2.45, 2.75) is 45.1 Å². The Labute approximate surface area is 113 Å². The van der Waals surface area contributed by atoms with Crippen molar-refractivity contribution in [1.29, 1.82) is 5.26 Å². The molecule has 3 heteroatoms. The SMILES string of the molecule is CC(=O)N1CCc2ccc3c(c2C1C#N)CCCC3. The van der Waals surface area contributed by atoms with Gasteiger partial charge in [0.2, 0.25) is 5.91 Å². The van der Waals surface area contributed by atoms with Crippen molar-refractivity contribution in [1.82, 2.24) is 4.90 Å². The lowest BCUT2D eigenvalue weighted by atomic mass is 9.81. The van der Waals surface area contributed by atoms with Crippen LogP contribution in [0.25, 0.3) is 0 Å². The zero-order valence-corrected chi connectivity index (χ0v) is 11.3. The van der Waals surface area contributed by atoms with Crippen molar-refractivity contribution in [2.24, 2.45) is 0 Å². The fraction of sp³-hybridized carbons (Fsp3) is 0.500. The monoisotopic (exact) mass is 254 g/mol. The van der Waals surface area contributed by atoms with Crippen molar-refractivity contribution in [3.05, 3.63) is 34.4 Å². The molecule has 1 amide bonds. The van der Waals surface area contributed by atoms with Gasteiger partial charge < -0.3 is 4.90 Å². The minimum absolute atomic E-state index is 0.00520. The number of fused-ring (bicyclic) bond motifs is 3. The molecule has 0 fully saturated rings. The summed E-state index contributed by atoms with van der Waals surface area (Å²) in [5.41, 5.74) is 5.14. The van der Waals surface area contributed by atoms with Crippen molar-refractivity contribution in [3.63, 3.8) is 0 Å². The van der Waals surface area contributed by atoms with Crippen LogP contribution in [0, 0.1) is 11.3 Å². The number of carbonyl (C=O) groups excluding carboxylic acids is 1. The number of hydrogen-bond acceptors (Lipinski definition) is 2. The largest absolute Gasteiger partial charge is 0.323 e. The number of benzene rings is 1. The third-order valence-electron chi connectivity index (χ3n) is 4.40. The van der Waals surface area contributed by atoms with Gasteiger partial charge in [0.1, 0.15) is 6.04 Å². The molecule has 98 valence electrons. The predicted molar refractivity (Wildman–Crippen MR) is 72.5 cm³/mol. The molecule has 1 aliphatic heterocycles. The van der Waals surface area contributed by atoms with Gasteiger partial charge in [0.15, 0.2) is 0 Å². The second-order valence-corrected chi connectivity index (χ2v) is 5.48. The predicted octanol–water partition coefficient (Wildman–Crippen LogP) is 2.53. The smallest absolute Gasteiger partial charge is 0.220 e. The Kier molecular flexibility index (Phi) is 3.02. The van der Waals surface area contributed by atoms with E-state index < -0.39 is 0 Å². The Balaban J connectivity index is 2.14. The molecule has 3 rings (SSSR count). The fourth-order valence-corrected chi connectivity index (χ4v) is 3.46. The zero-order valence-electron chi connectivity index (χ0n) is 11.3. The van der Waals surface area contributed by atoms with Gasteiger partial charge in [0.05, 0.1) is 6.07 Å². The van der Waals surface area contributed by atoms with Gasteiger partial charge in [-0.15, -0.1) is 0 Å². The van der Waals surface area contributed by atoms with Crippen molar-refractivity contribution >= 4 is 5.91 Å². The van der Waals surface area contributed by atoms with E-state index >= 15 is 0 Å². The van der Waals surface area contributed by atoms with Crippen LogP contribution in [0.3, 0.4) is 0 Å². The van der Waals surface area contributed by atoms with E-state index in [0.29, 0.717) is 6.54 Å².